The normalized spacial score (nSPS) is 10.6. The van der Waals surface area contributed by atoms with E-state index < -0.39 is 4.92 Å². The minimum Gasteiger partial charge on any atom is -0.370 e. The van der Waals surface area contributed by atoms with E-state index in [2.05, 4.69) is 22.3 Å². The Morgan fingerprint density at radius 1 is 1.38 bits per heavy atom. The van der Waals surface area contributed by atoms with Crippen LogP contribution in [0.25, 0.3) is 0 Å². The lowest BCUT2D eigenvalue weighted by Crippen LogP contribution is -2.07. The first kappa shape index (κ1) is 15.5. The van der Waals surface area contributed by atoms with Crippen molar-refractivity contribution in [3.8, 4) is 0 Å². The van der Waals surface area contributed by atoms with Crippen LogP contribution in [0.3, 0.4) is 0 Å². The minimum atomic E-state index is -0.632. The Hall–Kier alpha value is -1.86. The summed E-state index contributed by atoms with van der Waals surface area (Å²) in [4.78, 5) is 14.5. The van der Waals surface area contributed by atoms with E-state index in [-0.39, 0.29) is 17.4 Å². The second kappa shape index (κ2) is 6.73. The average molecular weight is 330 g/mol. The molecule has 112 valence electrons. The topological polar surface area (TPSA) is 85.9 Å². The van der Waals surface area contributed by atoms with Crippen molar-refractivity contribution in [3.05, 3.63) is 44.2 Å². The third kappa shape index (κ3) is 3.83. The average Bonchev–Trinajstić information content (AvgIpc) is 2.80. The summed E-state index contributed by atoms with van der Waals surface area (Å²) < 4.78 is 1.35. The van der Waals surface area contributed by atoms with Crippen LogP contribution in [-0.2, 0) is 6.54 Å². The molecular weight excluding hydrogens is 317 g/mol. The Balaban J connectivity index is 2.22. The molecule has 0 fully saturated rings. The molecule has 1 N–H and O–H groups in total. The first-order valence-corrected chi connectivity index (χ1v) is 7.03. The molecule has 2 rings (SSSR count). The molecule has 7 nitrogen and oxygen atoms in total. The Morgan fingerprint density at radius 2 is 2.14 bits per heavy atom. The van der Waals surface area contributed by atoms with Gasteiger partial charge >= 0.3 is 5.82 Å². The zero-order chi connectivity index (χ0) is 15.4. The van der Waals surface area contributed by atoms with E-state index in [4.69, 9.17) is 23.2 Å². The van der Waals surface area contributed by atoms with E-state index in [1.54, 1.807) is 12.1 Å². The Morgan fingerprint density at radius 3 is 2.76 bits per heavy atom. The van der Waals surface area contributed by atoms with Crippen molar-refractivity contribution >= 4 is 34.8 Å². The molecule has 2 heterocycles. The second-order valence-electron chi connectivity index (χ2n) is 4.31. The molecule has 0 aliphatic heterocycles. The van der Waals surface area contributed by atoms with Gasteiger partial charge in [-0.05, 0) is 23.5 Å². The lowest BCUT2D eigenvalue weighted by molar-refractivity contribution is -0.389. The fraction of sp³-hybridized carbons (Fsp3) is 0.333. The number of hydrogen-bond donors (Lipinski definition) is 1. The van der Waals surface area contributed by atoms with Gasteiger partial charge in [0.2, 0.25) is 0 Å². The van der Waals surface area contributed by atoms with Gasteiger partial charge in [0.05, 0.1) is 22.0 Å². The quantitative estimate of drug-likeness (QED) is 0.648. The number of pyridine rings is 1. The number of aromatic nitrogens is 3. The SMILES string of the molecule is CCCNc1ccc(Cl)c(Cn2cc(Cl)c([N+](=O)[O-])n2)n1. The Kier molecular flexibility index (Phi) is 4.98. The molecule has 0 aliphatic carbocycles. The van der Waals surface area contributed by atoms with Crippen molar-refractivity contribution in [2.75, 3.05) is 11.9 Å². The summed E-state index contributed by atoms with van der Waals surface area (Å²) in [5.74, 6) is 0.317. The molecule has 0 atom stereocenters. The fourth-order valence-electron chi connectivity index (χ4n) is 1.69. The Bertz CT molecular complexity index is 659. The number of anilines is 1. The van der Waals surface area contributed by atoms with Gasteiger partial charge in [-0.1, -0.05) is 30.1 Å². The number of nitro groups is 1. The minimum absolute atomic E-state index is 0.0172. The smallest absolute Gasteiger partial charge is 0.370 e. The summed E-state index contributed by atoms with van der Waals surface area (Å²) in [6, 6.07) is 3.50. The molecule has 0 saturated carbocycles. The van der Waals surface area contributed by atoms with Gasteiger partial charge in [-0.15, -0.1) is 0 Å². The highest BCUT2D eigenvalue weighted by atomic mass is 35.5. The van der Waals surface area contributed by atoms with Gasteiger partial charge in [-0.25, -0.2) is 4.98 Å². The predicted molar refractivity (Wildman–Crippen MR) is 81.0 cm³/mol. The zero-order valence-electron chi connectivity index (χ0n) is 11.2. The fourth-order valence-corrected chi connectivity index (χ4v) is 2.08. The highest BCUT2D eigenvalue weighted by Crippen LogP contribution is 2.23. The molecule has 2 aromatic rings. The molecule has 0 amide bonds. The van der Waals surface area contributed by atoms with Crippen LogP contribution in [0.1, 0.15) is 19.0 Å². The summed E-state index contributed by atoms with van der Waals surface area (Å²) in [7, 11) is 0. The highest BCUT2D eigenvalue weighted by molar-refractivity contribution is 6.32. The number of rotatable bonds is 6. The molecule has 9 heteroatoms. The second-order valence-corrected chi connectivity index (χ2v) is 5.12. The lowest BCUT2D eigenvalue weighted by Gasteiger charge is -2.07. The van der Waals surface area contributed by atoms with Crippen LogP contribution >= 0.6 is 23.2 Å². The van der Waals surface area contributed by atoms with E-state index >= 15 is 0 Å². The molecule has 0 aromatic carbocycles. The number of nitrogens with zero attached hydrogens (tertiary/aromatic N) is 4. The first-order chi connectivity index (χ1) is 10.0. The van der Waals surface area contributed by atoms with Gasteiger partial charge in [0, 0.05) is 6.54 Å². The van der Waals surface area contributed by atoms with Crippen molar-refractivity contribution < 1.29 is 4.92 Å². The van der Waals surface area contributed by atoms with Gasteiger partial charge in [0.25, 0.3) is 0 Å². The van der Waals surface area contributed by atoms with Crippen LogP contribution in [0.2, 0.25) is 10.0 Å². The van der Waals surface area contributed by atoms with Crippen molar-refractivity contribution in [1.29, 1.82) is 0 Å². The molecule has 0 saturated heterocycles. The van der Waals surface area contributed by atoms with Crippen LogP contribution in [0, 0.1) is 10.1 Å². The van der Waals surface area contributed by atoms with Crippen molar-refractivity contribution in [3.63, 3.8) is 0 Å². The molecule has 0 bridgehead atoms. The van der Waals surface area contributed by atoms with E-state index in [9.17, 15) is 10.1 Å². The van der Waals surface area contributed by atoms with Gasteiger partial charge in [-0.2, -0.15) is 4.68 Å². The maximum atomic E-state index is 10.7. The summed E-state index contributed by atoms with van der Waals surface area (Å²) in [5.41, 5.74) is 0.562. The molecule has 0 unspecified atom stereocenters. The Labute approximate surface area is 131 Å². The largest absolute Gasteiger partial charge is 0.408 e. The summed E-state index contributed by atoms with van der Waals surface area (Å²) >= 11 is 11.8. The molecule has 0 aliphatic rings. The van der Waals surface area contributed by atoms with E-state index in [1.165, 1.54) is 10.9 Å². The third-order valence-electron chi connectivity index (χ3n) is 2.66. The number of halogens is 2. The molecule has 21 heavy (non-hydrogen) atoms. The standard InChI is InChI=1S/C12H13Cl2N5O2/c1-2-5-15-11-4-3-8(13)10(16-11)7-18-6-9(14)12(17-18)19(20)21/h3-4,6H,2,5,7H2,1H3,(H,15,16). The van der Waals surface area contributed by atoms with Crippen LogP contribution in [0.4, 0.5) is 11.6 Å². The van der Waals surface area contributed by atoms with Gasteiger partial charge in [0.15, 0.2) is 5.02 Å². The number of nitrogens with one attached hydrogen (secondary N) is 1. The van der Waals surface area contributed by atoms with Crippen LogP contribution in [-0.4, -0.2) is 26.2 Å². The van der Waals surface area contributed by atoms with Gasteiger partial charge in [-0.3, -0.25) is 0 Å². The van der Waals surface area contributed by atoms with Crippen LogP contribution in [0.15, 0.2) is 18.3 Å². The van der Waals surface area contributed by atoms with Crippen LogP contribution < -0.4 is 5.32 Å². The van der Waals surface area contributed by atoms with Crippen molar-refractivity contribution in [2.45, 2.75) is 19.9 Å². The van der Waals surface area contributed by atoms with Gasteiger partial charge in [0.1, 0.15) is 12.4 Å². The van der Waals surface area contributed by atoms with E-state index in [0.29, 0.717) is 16.5 Å². The lowest BCUT2D eigenvalue weighted by atomic mass is 10.3. The summed E-state index contributed by atoms with van der Waals surface area (Å²) in [6.07, 6.45) is 2.35. The van der Waals surface area contributed by atoms with E-state index in [0.717, 1.165) is 13.0 Å². The maximum Gasteiger partial charge on any atom is 0.408 e. The molecular formula is C12H13Cl2N5O2. The van der Waals surface area contributed by atoms with Gasteiger partial charge < -0.3 is 15.4 Å². The maximum absolute atomic E-state index is 10.7. The summed E-state index contributed by atoms with van der Waals surface area (Å²) in [5, 5.41) is 18.1. The number of hydrogen-bond acceptors (Lipinski definition) is 5. The first-order valence-electron chi connectivity index (χ1n) is 6.28. The zero-order valence-corrected chi connectivity index (χ0v) is 12.7. The third-order valence-corrected chi connectivity index (χ3v) is 3.27. The van der Waals surface area contributed by atoms with Crippen LogP contribution in [0.5, 0.6) is 0 Å². The predicted octanol–water partition coefficient (Wildman–Crippen LogP) is 3.36. The highest BCUT2D eigenvalue weighted by Gasteiger charge is 2.20. The summed E-state index contributed by atoms with van der Waals surface area (Å²) in [6.45, 7) is 3.05. The monoisotopic (exact) mass is 329 g/mol. The molecule has 0 spiro atoms. The molecule has 2 aromatic heterocycles. The molecule has 0 radical (unpaired) electrons. The van der Waals surface area contributed by atoms with Crippen molar-refractivity contribution in [2.24, 2.45) is 0 Å². The van der Waals surface area contributed by atoms with Crippen molar-refractivity contribution in [1.82, 2.24) is 14.8 Å². The van der Waals surface area contributed by atoms with E-state index in [1.807, 2.05) is 0 Å².